The van der Waals surface area contributed by atoms with Gasteiger partial charge in [0.15, 0.2) is 0 Å². The molecule has 72 valence electrons. The molecule has 2 unspecified atom stereocenters. The molecule has 0 spiro atoms. The molecule has 0 aromatic carbocycles. The molecule has 12 heavy (non-hydrogen) atoms. The topological polar surface area (TPSA) is 12.5 Å². The highest BCUT2D eigenvalue weighted by Crippen LogP contribution is 2.19. The van der Waals surface area contributed by atoms with Crippen LogP contribution in [-0.4, -0.2) is 37.2 Å². The van der Waals surface area contributed by atoms with Crippen molar-refractivity contribution in [1.29, 1.82) is 0 Å². The van der Waals surface area contributed by atoms with Crippen molar-refractivity contribution in [1.82, 2.24) is 4.90 Å². The Balaban J connectivity index is 2.45. The maximum atomic E-state index is 5.40. The maximum absolute atomic E-state index is 5.40. The monoisotopic (exact) mass is 171 g/mol. The van der Waals surface area contributed by atoms with Gasteiger partial charge < -0.3 is 4.74 Å². The Morgan fingerprint density at radius 2 is 2.00 bits per heavy atom. The van der Waals surface area contributed by atoms with Crippen molar-refractivity contribution in [3.8, 4) is 0 Å². The van der Waals surface area contributed by atoms with Crippen LogP contribution in [0.15, 0.2) is 0 Å². The Hall–Kier alpha value is -0.0800. The molecule has 0 aliphatic carbocycles. The van der Waals surface area contributed by atoms with E-state index in [0.717, 1.165) is 12.5 Å². The highest BCUT2D eigenvalue weighted by atomic mass is 16.5. The average molecular weight is 171 g/mol. The van der Waals surface area contributed by atoms with E-state index < -0.39 is 0 Å². The summed E-state index contributed by atoms with van der Waals surface area (Å²) in [6.07, 6.45) is 1.68. The van der Waals surface area contributed by atoms with Gasteiger partial charge in [-0.25, -0.2) is 0 Å². The third-order valence-electron chi connectivity index (χ3n) is 2.71. The molecule has 0 radical (unpaired) electrons. The zero-order valence-electron chi connectivity index (χ0n) is 8.71. The second-order valence-corrected chi connectivity index (χ2v) is 4.25. The van der Waals surface area contributed by atoms with Crippen LogP contribution < -0.4 is 0 Å². The van der Waals surface area contributed by atoms with Crippen molar-refractivity contribution in [3.63, 3.8) is 0 Å². The summed E-state index contributed by atoms with van der Waals surface area (Å²) in [6, 6.07) is 0.658. The molecular formula is C10H21NO. The van der Waals surface area contributed by atoms with Crippen LogP contribution in [0, 0.1) is 5.92 Å². The van der Waals surface area contributed by atoms with Gasteiger partial charge >= 0.3 is 0 Å². The Morgan fingerprint density at radius 3 is 2.50 bits per heavy atom. The van der Waals surface area contributed by atoms with Crippen LogP contribution in [0.5, 0.6) is 0 Å². The van der Waals surface area contributed by atoms with Gasteiger partial charge in [-0.1, -0.05) is 6.92 Å². The molecular weight excluding hydrogens is 150 g/mol. The van der Waals surface area contributed by atoms with Gasteiger partial charge in [-0.15, -0.1) is 0 Å². The van der Waals surface area contributed by atoms with E-state index in [9.17, 15) is 0 Å². The normalized spacial score (nSPS) is 32.8. The van der Waals surface area contributed by atoms with Crippen LogP contribution in [-0.2, 0) is 4.74 Å². The third kappa shape index (κ3) is 2.46. The summed E-state index contributed by atoms with van der Waals surface area (Å²) in [7, 11) is 1.82. The van der Waals surface area contributed by atoms with Crippen LogP contribution in [0.3, 0.4) is 0 Å². The molecule has 0 aromatic heterocycles. The van der Waals surface area contributed by atoms with Crippen molar-refractivity contribution in [3.05, 3.63) is 0 Å². The fraction of sp³-hybridized carbons (Fsp3) is 1.00. The molecule has 0 saturated carbocycles. The van der Waals surface area contributed by atoms with E-state index in [1.54, 1.807) is 0 Å². The van der Waals surface area contributed by atoms with Gasteiger partial charge in [0.05, 0.1) is 6.10 Å². The molecule has 1 saturated heterocycles. The van der Waals surface area contributed by atoms with Gasteiger partial charge in [0.25, 0.3) is 0 Å². The lowest BCUT2D eigenvalue weighted by molar-refractivity contribution is -0.0000652. The van der Waals surface area contributed by atoms with Crippen LogP contribution in [0.1, 0.15) is 27.2 Å². The van der Waals surface area contributed by atoms with Gasteiger partial charge in [-0.05, 0) is 26.2 Å². The number of methoxy groups -OCH3 is 1. The summed E-state index contributed by atoms with van der Waals surface area (Å²) in [4.78, 5) is 2.50. The average Bonchev–Trinajstić information content (AvgIpc) is 2.03. The maximum Gasteiger partial charge on any atom is 0.0701 e. The molecule has 1 heterocycles. The van der Waals surface area contributed by atoms with Crippen molar-refractivity contribution >= 4 is 0 Å². The first kappa shape index (κ1) is 10.0. The smallest absolute Gasteiger partial charge is 0.0701 e. The molecule has 2 nitrogen and oxygen atoms in total. The summed E-state index contributed by atoms with van der Waals surface area (Å²) in [6.45, 7) is 9.16. The SMILES string of the molecule is COC1CC(C)CN(C(C)C)C1. The fourth-order valence-electron chi connectivity index (χ4n) is 1.93. The lowest BCUT2D eigenvalue weighted by atomic mass is 9.97. The first-order valence-corrected chi connectivity index (χ1v) is 4.90. The van der Waals surface area contributed by atoms with E-state index in [0.29, 0.717) is 12.1 Å². The number of likely N-dealkylation sites (tertiary alicyclic amines) is 1. The second-order valence-electron chi connectivity index (χ2n) is 4.25. The van der Waals surface area contributed by atoms with Gasteiger partial charge in [0.2, 0.25) is 0 Å². The molecule has 2 heteroatoms. The van der Waals surface area contributed by atoms with Gasteiger partial charge in [0, 0.05) is 26.2 Å². The van der Waals surface area contributed by atoms with Gasteiger partial charge in [-0.2, -0.15) is 0 Å². The van der Waals surface area contributed by atoms with Crippen molar-refractivity contribution in [2.75, 3.05) is 20.2 Å². The third-order valence-corrected chi connectivity index (χ3v) is 2.71. The van der Waals surface area contributed by atoms with Gasteiger partial charge in [0.1, 0.15) is 0 Å². The van der Waals surface area contributed by atoms with E-state index in [2.05, 4.69) is 25.7 Å². The van der Waals surface area contributed by atoms with Crippen molar-refractivity contribution in [2.24, 2.45) is 5.92 Å². The molecule has 1 rings (SSSR count). The predicted octanol–water partition coefficient (Wildman–Crippen LogP) is 1.75. The van der Waals surface area contributed by atoms with E-state index in [-0.39, 0.29) is 0 Å². The fourth-order valence-corrected chi connectivity index (χ4v) is 1.93. The molecule has 0 amide bonds. The Kier molecular flexibility index (Phi) is 3.53. The van der Waals surface area contributed by atoms with Gasteiger partial charge in [-0.3, -0.25) is 4.90 Å². The second kappa shape index (κ2) is 4.24. The Labute approximate surface area is 75.9 Å². The number of ether oxygens (including phenoxy) is 1. The predicted molar refractivity (Wildman–Crippen MR) is 51.3 cm³/mol. The molecule has 0 N–H and O–H groups in total. The van der Waals surface area contributed by atoms with E-state index >= 15 is 0 Å². The highest BCUT2D eigenvalue weighted by Gasteiger charge is 2.25. The quantitative estimate of drug-likeness (QED) is 0.627. The minimum Gasteiger partial charge on any atom is -0.380 e. The lowest BCUT2D eigenvalue weighted by Crippen LogP contribution is -2.46. The zero-order valence-corrected chi connectivity index (χ0v) is 8.71. The van der Waals surface area contributed by atoms with Crippen molar-refractivity contribution in [2.45, 2.75) is 39.3 Å². The Bertz CT molecular complexity index is 136. The molecule has 1 aliphatic rings. The summed E-state index contributed by atoms with van der Waals surface area (Å²) < 4.78 is 5.40. The summed E-state index contributed by atoms with van der Waals surface area (Å²) in [5.41, 5.74) is 0. The number of piperidine rings is 1. The molecule has 1 aliphatic heterocycles. The van der Waals surface area contributed by atoms with E-state index in [4.69, 9.17) is 4.74 Å². The first-order valence-electron chi connectivity index (χ1n) is 4.90. The van der Waals surface area contributed by atoms with Crippen LogP contribution in [0.2, 0.25) is 0 Å². The number of nitrogens with zero attached hydrogens (tertiary/aromatic N) is 1. The summed E-state index contributed by atoms with van der Waals surface area (Å²) in [5, 5.41) is 0. The number of rotatable bonds is 2. The lowest BCUT2D eigenvalue weighted by Gasteiger charge is -2.38. The van der Waals surface area contributed by atoms with E-state index in [1.807, 2.05) is 7.11 Å². The zero-order chi connectivity index (χ0) is 9.14. The first-order chi connectivity index (χ1) is 5.63. The minimum absolute atomic E-state index is 0.455. The van der Waals surface area contributed by atoms with Crippen LogP contribution in [0.4, 0.5) is 0 Å². The van der Waals surface area contributed by atoms with Crippen molar-refractivity contribution < 1.29 is 4.74 Å². The molecule has 1 fully saturated rings. The van der Waals surface area contributed by atoms with Crippen LogP contribution >= 0.6 is 0 Å². The molecule has 0 bridgehead atoms. The molecule has 0 aromatic rings. The van der Waals surface area contributed by atoms with E-state index in [1.165, 1.54) is 13.0 Å². The Morgan fingerprint density at radius 1 is 1.33 bits per heavy atom. The standard InChI is InChI=1S/C10H21NO/c1-8(2)11-6-9(3)5-10(7-11)12-4/h8-10H,5-7H2,1-4H3. The summed E-state index contributed by atoms with van der Waals surface area (Å²) in [5.74, 6) is 0.783. The molecule has 2 atom stereocenters. The largest absolute Gasteiger partial charge is 0.380 e. The highest BCUT2D eigenvalue weighted by molar-refractivity contribution is 4.79. The summed E-state index contributed by atoms with van der Waals surface area (Å²) >= 11 is 0. The minimum atomic E-state index is 0.455. The van der Waals surface area contributed by atoms with Crippen LogP contribution in [0.25, 0.3) is 0 Å². The number of hydrogen-bond acceptors (Lipinski definition) is 2. The number of hydrogen-bond donors (Lipinski definition) is 0.